The highest BCUT2D eigenvalue weighted by molar-refractivity contribution is 5.92. The van der Waals surface area contributed by atoms with Crippen LogP contribution in [0.4, 0.5) is 10.3 Å². The molecular weight excluding hydrogens is 287 g/mol. The summed E-state index contributed by atoms with van der Waals surface area (Å²) in [6.07, 6.45) is 1.92. The van der Waals surface area contributed by atoms with E-state index in [4.69, 9.17) is 4.74 Å². The predicted octanol–water partition coefficient (Wildman–Crippen LogP) is 2.27. The molecule has 0 saturated carbocycles. The highest BCUT2D eigenvalue weighted by Crippen LogP contribution is 2.36. The summed E-state index contributed by atoms with van der Waals surface area (Å²) in [5.41, 5.74) is 1.34. The maximum atomic E-state index is 14.3. The van der Waals surface area contributed by atoms with E-state index in [0.29, 0.717) is 29.2 Å². The second kappa shape index (κ2) is 5.59. The van der Waals surface area contributed by atoms with Gasteiger partial charge in [0.2, 0.25) is 5.95 Å². The molecule has 0 saturated heterocycles. The van der Waals surface area contributed by atoms with Crippen LogP contribution >= 0.6 is 0 Å². The molecule has 0 unspecified atom stereocenters. The van der Waals surface area contributed by atoms with E-state index in [1.165, 1.54) is 24.2 Å². The molecule has 0 amide bonds. The number of ether oxygens (including phenoxy) is 1. The average Bonchev–Trinajstić information content (AvgIpc) is 3.01. The fourth-order valence-corrected chi connectivity index (χ4v) is 2.63. The molecule has 7 heteroatoms. The normalized spacial score (nSPS) is 17.0. The van der Waals surface area contributed by atoms with E-state index >= 15 is 0 Å². The molecule has 22 heavy (non-hydrogen) atoms. The number of nitrogens with zero attached hydrogens (tertiary/aromatic N) is 3. The molecule has 1 aromatic heterocycles. The fraction of sp³-hybridized carbons (Fsp3) is 0.267. The van der Waals surface area contributed by atoms with Crippen LogP contribution in [0.25, 0.3) is 0 Å². The minimum absolute atomic E-state index is 0.341. The lowest BCUT2D eigenvalue weighted by Gasteiger charge is -2.29. The van der Waals surface area contributed by atoms with E-state index in [1.54, 1.807) is 18.2 Å². The number of aromatic nitrogens is 3. The summed E-state index contributed by atoms with van der Waals surface area (Å²) in [7, 11) is 1.30. The van der Waals surface area contributed by atoms with Crippen LogP contribution in [0.2, 0.25) is 0 Å². The monoisotopic (exact) mass is 302 g/mol. The Bertz CT molecular complexity index is 754. The molecule has 1 aliphatic heterocycles. The lowest BCUT2D eigenvalue weighted by atomic mass is 9.94. The van der Waals surface area contributed by atoms with Crippen molar-refractivity contribution in [3.05, 3.63) is 53.2 Å². The van der Waals surface area contributed by atoms with E-state index in [2.05, 4.69) is 15.4 Å². The van der Waals surface area contributed by atoms with Gasteiger partial charge < -0.3 is 10.1 Å². The van der Waals surface area contributed by atoms with E-state index in [-0.39, 0.29) is 0 Å². The van der Waals surface area contributed by atoms with Gasteiger partial charge in [-0.3, -0.25) is 0 Å². The summed E-state index contributed by atoms with van der Waals surface area (Å²) >= 11 is 0. The van der Waals surface area contributed by atoms with Crippen LogP contribution in [-0.4, -0.2) is 27.8 Å². The van der Waals surface area contributed by atoms with Crippen LogP contribution in [0.3, 0.4) is 0 Å². The van der Waals surface area contributed by atoms with Crippen LogP contribution < -0.4 is 5.32 Å². The SMILES string of the molecule is CCC1=C(C(=O)OC)[C@@H](c2ccccc2F)n2ncnc2N1. The van der Waals surface area contributed by atoms with Crippen LogP contribution in [0, 0.1) is 5.82 Å². The maximum absolute atomic E-state index is 14.3. The molecule has 1 aliphatic rings. The first-order valence-corrected chi connectivity index (χ1v) is 6.89. The number of hydrogen-bond acceptors (Lipinski definition) is 5. The Balaban J connectivity index is 2.25. The van der Waals surface area contributed by atoms with Gasteiger partial charge in [-0.25, -0.2) is 13.9 Å². The van der Waals surface area contributed by atoms with Crippen molar-refractivity contribution in [1.29, 1.82) is 0 Å². The molecule has 6 nitrogen and oxygen atoms in total. The van der Waals surface area contributed by atoms with Gasteiger partial charge in [0.1, 0.15) is 18.2 Å². The molecule has 0 spiro atoms. The first-order valence-electron chi connectivity index (χ1n) is 6.89. The third-order valence-corrected chi connectivity index (χ3v) is 3.64. The zero-order valence-corrected chi connectivity index (χ0v) is 12.2. The molecule has 1 aromatic carbocycles. The zero-order chi connectivity index (χ0) is 15.7. The molecule has 114 valence electrons. The summed E-state index contributed by atoms with van der Waals surface area (Å²) in [4.78, 5) is 16.4. The second-order valence-electron chi connectivity index (χ2n) is 4.81. The van der Waals surface area contributed by atoms with Gasteiger partial charge in [-0.2, -0.15) is 10.1 Å². The predicted molar refractivity (Wildman–Crippen MR) is 77.5 cm³/mol. The number of benzene rings is 1. The van der Waals surface area contributed by atoms with Crippen molar-refractivity contribution in [2.75, 3.05) is 12.4 Å². The van der Waals surface area contributed by atoms with Gasteiger partial charge in [0, 0.05) is 11.3 Å². The lowest BCUT2D eigenvalue weighted by Crippen LogP contribution is -2.30. The summed E-state index contributed by atoms with van der Waals surface area (Å²) in [5.74, 6) is -0.454. The van der Waals surface area contributed by atoms with E-state index < -0.39 is 17.8 Å². The molecule has 0 fully saturated rings. The molecule has 0 radical (unpaired) electrons. The Hall–Kier alpha value is -2.70. The third-order valence-electron chi connectivity index (χ3n) is 3.64. The first-order chi connectivity index (χ1) is 10.7. The summed E-state index contributed by atoms with van der Waals surface area (Å²) in [5, 5.41) is 7.18. The van der Waals surface area contributed by atoms with Crippen LogP contribution in [0.15, 0.2) is 41.9 Å². The Morgan fingerprint density at radius 3 is 2.91 bits per heavy atom. The van der Waals surface area contributed by atoms with Crippen molar-refractivity contribution in [2.45, 2.75) is 19.4 Å². The average molecular weight is 302 g/mol. The largest absolute Gasteiger partial charge is 0.466 e. The van der Waals surface area contributed by atoms with Crippen molar-refractivity contribution < 1.29 is 13.9 Å². The van der Waals surface area contributed by atoms with Crippen molar-refractivity contribution in [3.63, 3.8) is 0 Å². The lowest BCUT2D eigenvalue weighted by molar-refractivity contribution is -0.136. The Morgan fingerprint density at radius 1 is 1.45 bits per heavy atom. The molecule has 1 atom stereocenters. The number of fused-ring (bicyclic) bond motifs is 1. The number of carbonyl (C=O) groups excluding carboxylic acids is 1. The van der Waals surface area contributed by atoms with Gasteiger partial charge in [0.15, 0.2) is 0 Å². The molecular formula is C15H15FN4O2. The number of anilines is 1. The number of halogens is 1. The van der Waals surface area contributed by atoms with Gasteiger partial charge in [-0.1, -0.05) is 25.1 Å². The molecule has 0 aliphatic carbocycles. The number of carbonyl (C=O) groups is 1. The minimum atomic E-state index is -0.706. The fourth-order valence-electron chi connectivity index (χ4n) is 2.63. The quantitative estimate of drug-likeness (QED) is 0.881. The topological polar surface area (TPSA) is 69.0 Å². The van der Waals surface area contributed by atoms with Gasteiger partial charge >= 0.3 is 5.97 Å². The van der Waals surface area contributed by atoms with Crippen LogP contribution in [0.1, 0.15) is 24.9 Å². The molecule has 1 N–H and O–H groups in total. The van der Waals surface area contributed by atoms with Crippen LogP contribution in [0.5, 0.6) is 0 Å². The molecule has 2 aromatic rings. The Labute approximate surface area is 126 Å². The number of hydrogen-bond donors (Lipinski definition) is 1. The van der Waals surface area contributed by atoms with Crippen molar-refractivity contribution in [3.8, 4) is 0 Å². The number of esters is 1. The number of rotatable bonds is 3. The van der Waals surface area contributed by atoms with E-state index in [0.717, 1.165) is 0 Å². The molecule has 3 rings (SSSR count). The van der Waals surface area contributed by atoms with Gasteiger partial charge in [0.25, 0.3) is 0 Å². The van der Waals surface area contributed by atoms with Crippen molar-refractivity contribution >= 4 is 11.9 Å². The summed E-state index contributed by atoms with van der Waals surface area (Å²) in [6.45, 7) is 1.90. The van der Waals surface area contributed by atoms with Crippen molar-refractivity contribution in [2.24, 2.45) is 0 Å². The van der Waals surface area contributed by atoms with Crippen molar-refractivity contribution in [1.82, 2.24) is 14.8 Å². The van der Waals surface area contributed by atoms with E-state index in [1.807, 2.05) is 6.92 Å². The van der Waals surface area contributed by atoms with Gasteiger partial charge in [-0.05, 0) is 12.5 Å². The first kappa shape index (κ1) is 14.2. The standard InChI is InChI=1S/C15H15FN4O2/c1-3-11-12(14(21)22-2)13(9-6-4-5-7-10(9)16)20-15(19-11)17-8-18-20/h4-8,13H,3H2,1-2H3,(H,17,18,19)/t13-/m1/s1. The maximum Gasteiger partial charge on any atom is 0.338 e. The highest BCUT2D eigenvalue weighted by Gasteiger charge is 2.36. The number of methoxy groups -OCH3 is 1. The van der Waals surface area contributed by atoms with Gasteiger partial charge in [-0.15, -0.1) is 0 Å². The number of nitrogens with one attached hydrogen (secondary N) is 1. The summed E-state index contributed by atoms with van der Waals surface area (Å²) in [6, 6.07) is 5.60. The Kier molecular flexibility index (Phi) is 3.62. The minimum Gasteiger partial charge on any atom is -0.466 e. The third kappa shape index (κ3) is 2.14. The van der Waals surface area contributed by atoms with Crippen LogP contribution in [-0.2, 0) is 9.53 Å². The second-order valence-corrected chi connectivity index (χ2v) is 4.81. The van der Waals surface area contributed by atoms with E-state index in [9.17, 15) is 9.18 Å². The number of allylic oxidation sites excluding steroid dienone is 1. The summed E-state index contributed by atoms with van der Waals surface area (Å²) < 4.78 is 20.7. The highest BCUT2D eigenvalue weighted by atomic mass is 19.1. The Morgan fingerprint density at radius 2 is 2.23 bits per heavy atom. The zero-order valence-electron chi connectivity index (χ0n) is 12.2. The molecule has 2 heterocycles. The smallest absolute Gasteiger partial charge is 0.338 e. The molecule has 0 bridgehead atoms. The van der Waals surface area contributed by atoms with Gasteiger partial charge in [0.05, 0.1) is 12.7 Å².